The molecule has 26 heavy (non-hydrogen) atoms. The molecule has 0 aliphatic carbocycles. The van der Waals surface area contributed by atoms with Crippen molar-refractivity contribution >= 4 is 5.78 Å². The van der Waals surface area contributed by atoms with Crippen LogP contribution in [-0.4, -0.2) is 22.5 Å². The van der Waals surface area contributed by atoms with Crippen LogP contribution in [0.3, 0.4) is 0 Å². The van der Waals surface area contributed by atoms with E-state index in [-0.39, 0.29) is 17.7 Å². The molecule has 0 spiro atoms. The van der Waals surface area contributed by atoms with Crippen LogP contribution in [0.1, 0.15) is 16.2 Å². The van der Waals surface area contributed by atoms with Crippen LogP contribution < -0.4 is 4.74 Å². The quantitative estimate of drug-likeness (QED) is 0.501. The number of Topliss-reactive ketones (excluding diaryl/α,β-unsaturated/α-hetero) is 1. The molecule has 0 bridgehead atoms. The third kappa shape index (κ3) is 3.88. The number of hydrogen-bond donors (Lipinski definition) is 0. The number of hydrogen-bond acceptors (Lipinski definition) is 5. The molecule has 0 unspecified atom stereocenters. The van der Waals surface area contributed by atoms with Gasteiger partial charge < -0.3 is 9.26 Å². The third-order valence-electron chi connectivity index (χ3n) is 3.31. The molecule has 0 atom stereocenters. The normalized spacial score (nSPS) is 11.4. The van der Waals surface area contributed by atoms with E-state index in [1.54, 1.807) is 30.3 Å². The first-order chi connectivity index (χ1) is 12.3. The van der Waals surface area contributed by atoms with E-state index in [1.165, 1.54) is 6.07 Å². The van der Waals surface area contributed by atoms with Crippen molar-refractivity contribution < 1.29 is 31.6 Å². The Balaban J connectivity index is 1.75. The van der Waals surface area contributed by atoms with Crippen molar-refractivity contribution in [3.8, 4) is 17.1 Å². The summed E-state index contributed by atoms with van der Waals surface area (Å²) in [7, 11) is 0. The van der Waals surface area contributed by atoms with Gasteiger partial charge in [-0.3, -0.25) is 4.79 Å². The molecule has 9 heteroatoms. The first-order valence-electron chi connectivity index (χ1n) is 7.26. The molecule has 0 saturated carbocycles. The van der Waals surface area contributed by atoms with Crippen molar-refractivity contribution in [2.24, 2.45) is 0 Å². The zero-order valence-electron chi connectivity index (χ0n) is 13.0. The van der Waals surface area contributed by atoms with E-state index in [1.807, 2.05) is 0 Å². The second kappa shape index (κ2) is 6.95. The molecular formula is C17H10F4N2O3. The molecule has 3 rings (SSSR count). The molecule has 3 aromatic rings. The molecule has 0 aliphatic rings. The molecule has 0 saturated heterocycles. The van der Waals surface area contributed by atoms with E-state index in [2.05, 4.69) is 14.7 Å². The Bertz CT molecular complexity index is 923. The van der Waals surface area contributed by atoms with E-state index in [4.69, 9.17) is 4.74 Å². The number of halogens is 4. The minimum atomic E-state index is -4.80. The highest BCUT2D eigenvalue weighted by atomic mass is 19.4. The Morgan fingerprint density at radius 3 is 2.46 bits per heavy atom. The standard InChI is InChI=1S/C17H10F4N2O3/c18-13-8-10(15-22-16(26-23-15)17(19,20)21)6-7-12(13)14(24)9-25-11-4-2-1-3-5-11/h1-8H,9H2. The smallest absolute Gasteiger partial charge is 0.471 e. The molecule has 0 fully saturated rings. The van der Waals surface area contributed by atoms with Crippen LogP contribution in [0, 0.1) is 5.82 Å². The van der Waals surface area contributed by atoms with Crippen molar-refractivity contribution in [3.05, 3.63) is 65.8 Å². The fourth-order valence-corrected chi connectivity index (χ4v) is 2.08. The van der Waals surface area contributed by atoms with E-state index in [9.17, 15) is 22.4 Å². The van der Waals surface area contributed by atoms with E-state index < -0.39 is 29.5 Å². The number of aromatic nitrogens is 2. The van der Waals surface area contributed by atoms with Gasteiger partial charge in [-0.15, -0.1) is 0 Å². The summed E-state index contributed by atoms with van der Waals surface area (Å²) in [5.74, 6) is -3.08. The first-order valence-corrected chi connectivity index (χ1v) is 7.26. The van der Waals surface area contributed by atoms with Crippen LogP contribution in [0.2, 0.25) is 0 Å². The Labute approximate surface area is 144 Å². The minimum absolute atomic E-state index is 0.0534. The molecule has 0 radical (unpaired) electrons. The maximum Gasteiger partial charge on any atom is 0.471 e. The van der Waals surface area contributed by atoms with E-state index in [0.717, 1.165) is 12.1 Å². The topological polar surface area (TPSA) is 65.2 Å². The SMILES string of the molecule is O=C(COc1ccccc1)c1ccc(-c2noc(C(F)(F)F)n2)cc1F. The van der Waals surface area contributed by atoms with Gasteiger partial charge in [0.05, 0.1) is 5.56 Å². The Kier molecular flexibility index (Phi) is 4.70. The predicted octanol–water partition coefficient (Wildman–Crippen LogP) is 4.16. The average Bonchev–Trinajstić information content (AvgIpc) is 3.11. The molecule has 0 aliphatic heterocycles. The molecule has 1 heterocycles. The highest BCUT2D eigenvalue weighted by molar-refractivity contribution is 5.97. The summed E-state index contributed by atoms with van der Waals surface area (Å²) < 4.78 is 60.9. The lowest BCUT2D eigenvalue weighted by Crippen LogP contribution is -2.13. The van der Waals surface area contributed by atoms with Crippen LogP contribution in [-0.2, 0) is 6.18 Å². The number of rotatable bonds is 5. The van der Waals surface area contributed by atoms with Crippen LogP contribution >= 0.6 is 0 Å². The van der Waals surface area contributed by atoms with Crippen LogP contribution in [0.5, 0.6) is 5.75 Å². The second-order valence-corrected chi connectivity index (χ2v) is 5.14. The lowest BCUT2D eigenvalue weighted by Gasteiger charge is -2.06. The molecule has 2 aromatic carbocycles. The summed E-state index contributed by atoms with van der Waals surface area (Å²) in [6, 6.07) is 11.7. The molecule has 5 nitrogen and oxygen atoms in total. The summed E-state index contributed by atoms with van der Waals surface area (Å²) in [4.78, 5) is 15.2. The number of alkyl halides is 3. The number of ketones is 1. The molecule has 1 aromatic heterocycles. The predicted molar refractivity (Wildman–Crippen MR) is 81.0 cm³/mol. The van der Waals surface area contributed by atoms with Crippen molar-refractivity contribution in [1.29, 1.82) is 0 Å². The fourth-order valence-electron chi connectivity index (χ4n) is 2.08. The number of para-hydroxylation sites is 1. The Hall–Kier alpha value is -3.23. The molecule has 0 N–H and O–H groups in total. The number of nitrogens with zero attached hydrogens (tertiary/aromatic N) is 2. The molecule has 134 valence electrons. The van der Waals surface area contributed by atoms with Crippen molar-refractivity contribution in [2.75, 3.05) is 6.61 Å². The Morgan fingerprint density at radius 2 is 1.85 bits per heavy atom. The van der Waals surface area contributed by atoms with Crippen LogP contribution in [0.15, 0.2) is 53.1 Å². The first kappa shape index (κ1) is 17.6. The van der Waals surface area contributed by atoms with Gasteiger partial charge in [-0.25, -0.2) is 4.39 Å². The second-order valence-electron chi connectivity index (χ2n) is 5.14. The van der Waals surface area contributed by atoms with Gasteiger partial charge in [0.15, 0.2) is 6.61 Å². The van der Waals surface area contributed by atoms with Gasteiger partial charge in [0.1, 0.15) is 11.6 Å². The lowest BCUT2D eigenvalue weighted by atomic mass is 10.1. The number of benzene rings is 2. The summed E-state index contributed by atoms with van der Waals surface area (Å²) in [6.07, 6.45) is -4.80. The van der Waals surface area contributed by atoms with Gasteiger partial charge in [-0.1, -0.05) is 29.4 Å². The zero-order valence-corrected chi connectivity index (χ0v) is 13.0. The maximum absolute atomic E-state index is 14.2. The zero-order chi connectivity index (χ0) is 18.7. The minimum Gasteiger partial charge on any atom is -0.485 e. The number of ether oxygens (including phenoxy) is 1. The van der Waals surface area contributed by atoms with Gasteiger partial charge in [0.25, 0.3) is 0 Å². The molecular weight excluding hydrogens is 356 g/mol. The average molecular weight is 366 g/mol. The van der Waals surface area contributed by atoms with Crippen molar-refractivity contribution in [3.63, 3.8) is 0 Å². The summed E-state index contributed by atoms with van der Waals surface area (Å²) >= 11 is 0. The van der Waals surface area contributed by atoms with Gasteiger partial charge in [0.2, 0.25) is 11.6 Å². The Morgan fingerprint density at radius 1 is 1.12 bits per heavy atom. The number of carbonyl (C=O) groups excluding carboxylic acids is 1. The number of carbonyl (C=O) groups is 1. The van der Waals surface area contributed by atoms with E-state index in [0.29, 0.717) is 5.75 Å². The summed E-state index contributed by atoms with van der Waals surface area (Å²) in [5.41, 5.74) is -0.313. The van der Waals surface area contributed by atoms with Gasteiger partial charge >= 0.3 is 12.1 Å². The van der Waals surface area contributed by atoms with Crippen LogP contribution in [0.25, 0.3) is 11.4 Å². The van der Waals surface area contributed by atoms with Gasteiger partial charge in [-0.05, 0) is 24.3 Å². The van der Waals surface area contributed by atoms with E-state index >= 15 is 0 Å². The highest BCUT2D eigenvalue weighted by Crippen LogP contribution is 2.29. The van der Waals surface area contributed by atoms with Crippen LogP contribution in [0.4, 0.5) is 17.6 Å². The summed E-state index contributed by atoms with van der Waals surface area (Å²) in [5, 5.41) is 3.16. The maximum atomic E-state index is 14.2. The lowest BCUT2D eigenvalue weighted by molar-refractivity contribution is -0.159. The summed E-state index contributed by atoms with van der Waals surface area (Å²) in [6.45, 7) is -0.388. The fraction of sp³-hybridized carbons (Fsp3) is 0.118. The monoisotopic (exact) mass is 366 g/mol. The highest BCUT2D eigenvalue weighted by Gasteiger charge is 2.38. The van der Waals surface area contributed by atoms with Crippen molar-refractivity contribution in [2.45, 2.75) is 6.18 Å². The largest absolute Gasteiger partial charge is 0.485 e. The van der Waals surface area contributed by atoms with Gasteiger partial charge in [0, 0.05) is 5.56 Å². The third-order valence-corrected chi connectivity index (χ3v) is 3.31. The van der Waals surface area contributed by atoms with Crippen molar-refractivity contribution in [1.82, 2.24) is 10.1 Å². The van der Waals surface area contributed by atoms with Gasteiger partial charge in [-0.2, -0.15) is 18.2 Å². The molecule has 0 amide bonds.